The number of hydrogen-bond acceptors (Lipinski definition) is 8. The van der Waals surface area contributed by atoms with Crippen molar-refractivity contribution in [3.63, 3.8) is 0 Å². The largest absolute Gasteiger partial charge is 0.453 e. The molecule has 4 aromatic rings. The molecule has 0 spiro atoms. The Morgan fingerprint density at radius 2 is 1.19 bits per heavy atom. The highest BCUT2D eigenvalue weighted by Gasteiger charge is 2.48. The number of aromatic amines is 1. The number of methoxy groups -OCH3 is 2. The van der Waals surface area contributed by atoms with Crippen LogP contribution in [-0.2, 0) is 23.9 Å². The van der Waals surface area contributed by atoms with E-state index >= 15 is 0 Å². The lowest BCUT2D eigenvalue weighted by atomic mass is 9.77. The predicted octanol–water partition coefficient (Wildman–Crippen LogP) is 9.74. The third-order valence-corrected chi connectivity index (χ3v) is 16.7. The Balaban J connectivity index is 0.917. The second kappa shape index (κ2) is 18.6. The molecular weight excluding hydrogens is 871 g/mol. The third kappa shape index (κ3) is 8.14. The van der Waals surface area contributed by atoms with Gasteiger partial charge in [-0.1, -0.05) is 71.0 Å². The van der Waals surface area contributed by atoms with Crippen LogP contribution in [0.15, 0.2) is 54.7 Å². The summed E-state index contributed by atoms with van der Waals surface area (Å²) in [6, 6.07) is 15.2. The number of alkyl carbamates (subject to hydrolysis) is 2. The first-order chi connectivity index (χ1) is 33.3. The van der Waals surface area contributed by atoms with Gasteiger partial charge in [-0.05, 0) is 156 Å². The molecule has 14 heteroatoms. The van der Waals surface area contributed by atoms with Crippen molar-refractivity contribution in [1.82, 2.24) is 30.4 Å². The molecule has 3 aromatic carbocycles. The fourth-order valence-electron chi connectivity index (χ4n) is 13.4. The van der Waals surface area contributed by atoms with Crippen LogP contribution in [0.2, 0.25) is 0 Å². The third-order valence-electron chi connectivity index (χ3n) is 16.7. The van der Waals surface area contributed by atoms with Crippen LogP contribution in [0.1, 0.15) is 150 Å². The Morgan fingerprint density at radius 3 is 1.81 bits per heavy atom. The van der Waals surface area contributed by atoms with Crippen LogP contribution < -0.4 is 16.0 Å². The van der Waals surface area contributed by atoms with Crippen molar-refractivity contribution in [3.05, 3.63) is 82.8 Å². The molecule has 1 aromatic heterocycles. The predicted molar refractivity (Wildman–Crippen MR) is 263 cm³/mol. The number of benzene rings is 3. The molecule has 2 aliphatic heterocycles. The number of H-pyrrole nitrogens is 1. The van der Waals surface area contributed by atoms with Crippen LogP contribution in [0.25, 0.3) is 33.5 Å². The molecule has 69 heavy (non-hydrogen) atoms. The summed E-state index contributed by atoms with van der Waals surface area (Å²) in [7, 11) is 2.58. The van der Waals surface area contributed by atoms with Crippen molar-refractivity contribution < 1.29 is 33.4 Å². The number of nitrogens with one attached hydrogen (secondary N) is 4. The normalized spacial score (nSPS) is 24.9. The molecule has 4 N–H and O–H groups in total. The summed E-state index contributed by atoms with van der Waals surface area (Å²) in [6.07, 6.45) is 9.52. The van der Waals surface area contributed by atoms with Gasteiger partial charge in [-0.15, -0.1) is 0 Å². The zero-order valence-corrected chi connectivity index (χ0v) is 41.0. The van der Waals surface area contributed by atoms with E-state index in [1.54, 1.807) is 4.90 Å². The summed E-state index contributed by atoms with van der Waals surface area (Å²) >= 11 is 0. The molecule has 6 aliphatic rings. The van der Waals surface area contributed by atoms with Gasteiger partial charge in [0.1, 0.15) is 23.9 Å². The van der Waals surface area contributed by atoms with Gasteiger partial charge < -0.3 is 40.2 Å². The Kier molecular flexibility index (Phi) is 12.6. The van der Waals surface area contributed by atoms with Gasteiger partial charge in [0, 0.05) is 24.3 Å². The molecule has 2 saturated heterocycles. The van der Waals surface area contributed by atoms with E-state index in [-0.39, 0.29) is 35.6 Å². The number of ether oxygens (including phenoxy) is 2. The molecule has 9 atom stereocenters. The number of carbonyl (C=O) groups is 5. The van der Waals surface area contributed by atoms with Crippen LogP contribution in [0.4, 0.5) is 15.3 Å². The minimum Gasteiger partial charge on any atom is -0.453 e. The minimum atomic E-state index is -0.790. The van der Waals surface area contributed by atoms with E-state index in [9.17, 15) is 24.0 Å². The van der Waals surface area contributed by atoms with Crippen LogP contribution in [0.3, 0.4) is 0 Å². The number of hydrogen-bond donors (Lipinski definition) is 4. The standard InChI is InChI=1S/C55H67N7O7/c1-28(2)48(59-54(66)68-6)52(64)61-24-8-10-42(61)50-56-27-41(58-50)40-23-22-39(46-35-18-19-36(30(35)5)47(40)46)38-21-20-37(44-32-12-13-33(26-32)45(38)44)31-14-16-34(17-15-31)57-51(63)43-11-9-25-62(43)53(65)49(29(3)4)60-55(67)69-7/h14-17,20-23,27-30,32-33,35-36,42-43,48-49H,8-13,18-19,24-26H2,1-7H3,(H,56,58)(H,57,63)(H,59,66)(H,60,67)/t30?,32?,33?,35?,36?,42-,43-,48-,49-/m0/s1. The van der Waals surface area contributed by atoms with Crippen molar-refractivity contribution in [2.24, 2.45) is 17.8 Å². The van der Waals surface area contributed by atoms with Crippen LogP contribution >= 0.6 is 0 Å². The number of rotatable bonds is 12. The quantitative estimate of drug-likeness (QED) is 0.109. The molecule has 5 unspecified atom stereocenters. The number of amides is 5. The fourth-order valence-corrected chi connectivity index (χ4v) is 13.4. The molecule has 4 bridgehead atoms. The summed E-state index contributed by atoms with van der Waals surface area (Å²) in [5.41, 5.74) is 13.9. The number of imidazole rings is 1. The van der Waals surface area contributed by atoms with Gasteiger partial charge in [-0.3, -0.25) is 14.4 Å². The molecule has 14 nitrogen and oxygen atoms in total. The summed E-state index contributed by atoms with van der Waals surface area (Å²) in [4.78, 5) is 77.6. The molecular formula is C55H67N7O7. The number of likely N-dealkylation sites (tertiary alicyclic amines) is 2. The van der Waals surface area contributed by atoms with Gasteiger partial charge in [0.2, 0.25) is 17.7 Å². The van der Waals surface area contributed by atoms with Crippen molar-refractivity contribution in [2.75, 3.05) is 32.6 Å². The van der Waals surface area contributed by atoms with E-state index in [0.717, 1.165) is 29.9 Å². The van der Waals surface area contributed by atoms with Gasteiger partial charge >= 0.3 is 12.2 Å². The van der Waals surface area contributed by atoms with Gasteiger partial charge in [-0.25, -0.2) is 14.6 Å². The number of carbonyl (C=O) groups excluding carboxylic acids is 5. The first kappa shape index (κ1) is 46.5. The first-order valence-electron chi connectivity index (χ1n) is 25.4. The molecule has 4 aliphatic carbocycles. The SMILES string of the molecule is COC(=O)N[C@H](C(=O)N1CCC[C@H]1C(=O)Nc1ccc(-c2ccc(-c3ccc(-c4cnc([C@@H]5CCCN5C(=O)[C@@H](NC(=O)OC)C(C)C)[nH]4)c4c3C3CCC4C3C)c3c2C2CCC3C2)cc1)C(C)C. The van der Waals surface area contributed by atoms with Crippen LogP contribution in [-0.4, -0.2) is 95.1 Å². The average molecular weight is 938 g/mol. The van der Waals surface area contributed by atoms with Gasteiger partial charge in [-0.2, -0.15) is 0 Å². The van der Waals surface area contributed by atoms with Gasteiger partial charge in [0.05, 0.1) is 32.2 Å². The Hall–Kier alpha value is -6.18. The zero-order chi connectivity index (χ0) is 48.4. The summed E-state index contributed by atoms with van der Waals surface area (Å²) < 4.78 is 9.62. The first-order valence-corrected chi connectivity index (χ1v) is 25.4. The van der Waals surface area contributed by atoms with E-state index in [4.69, 9.17) is 14.5 Å². The monoisotopic (exact) mass is 938 g/mol. The van der Waals surface area contributed by atoms with Crippen LogP contribution in [0.5, 0.6) is 0 Å². The number of anilines is 1. The van der Waals surface area contributed by atoms with E-state index in [0.29, 0.717) is 61.2 Å². The summed E-state index contributed by atoms with van der Waals surface area (Å²) in [5, 5.41) is 8.51. The maximum absolute atomic E-state index is 13.9. The lowest BCUT2D eigenvalue weighted by molar-refractivity contribution is -0.139. The van der Waals surface area contributed by atoms with E-state index in [1.165, 1.54) is 90.8 Å². The average Bonchev–Trinajstić information content (AvgIpc) is 4.23. The van der Waals surface area contributed by atoms with Crippen molar-refractivity contribution >= 4 is 35.6 Å². The Labute approximate surface area is 405 Å². The summed E-state index contributed by atoms with van der Waals surface area (Å²) in [5.74, 6) is 2.39. The highest BCUT2D eigenvalue weighted by molar-refractivity contribution is 5.99. The zero-order valence-electron chi connectivity index (χ0n) is 41.0. The second-order valence-electron chi connectivity index (χ2n) is 21.2. The van der Waals surface area contributed by atoms with Crippen molar-refractivity contribution in [3.8, 4) is 33.5 Å². The smallest absolute Gasteiger partial charge is 0.407 e. The minimum absolute atomic E-state index is 0.108. The van der Waals surface area contributed by atoms with Gasteiger partial charge in [0.15, 0.2) is 0 Å². The number of nitrogens with zero attached hydrogens (tertiary/aromatic N) is 3. The maximum Gasteiger partial charge on any atom is 0.407 e. The maximum atomic E-state index is 13.9. The van der Waals surface area contributed by atoms with E-state index < -0.39 is 30.3 Å². The topological polar surface area (TPSA) is 175 Å². The molecule has 4 fully saturated rings. The molecule has 10 rings (SSSR count). The van der Waals surface area contributed by atoms with Crippen molar-refractivity contribution in [2.45, 2.75) is 140 Å². The Morgan fingerprint density at radius 1 is 0.652 bits per heavy atom. The van der Waals surface area contributed by atoms with E-state index in [2.05, 4.69) is 64.3 Å². The molecule has 3 heterocycles. The van der Waals surface area contributed by atoms with Crippen molar-refractivity contribution in [1.29, 1.82) is 0 Å². The van der Waals surface area contributed by atoms with E-state index in [1.807, 2.05) is 50.9 Å². The highest BCUT2D eigenvalue weighted by Crippen LogP contribution is 2.64. The Bertz CT molecular complexity index is 2680. The van der Waals surface area contributed by atoms with Crippen LogP contribution in [0, 0.1) is 17.8 Å². The highest BCUT2D eigenvalue weighted by atomic mass is 16.5. The molecule has 5 amide bonds. The molecule has 364 valence electrons. The fraction of sp³-hybridized carbons (Fsp3) is 0.527. The summed E-state index contributed by atoms with van der Waals surface area (Å²) in [6.45, 7) is 11.1. The van der Waals surface area contributed by atoms with Gasteiger partial charge in [0.25, 0.3) is 0 Å². The number of aromatic nitrogens is 2. The lowest BCUT2D eigenvalue weighted by Gasteiger charge is -2.30. The second-order valence-corrected chi connectivity index (χ2v) is 21.2. The molecule has 2 saturated carbocycles. The molecule has 0 radical (unpaired) electrons. The lowest BCUT2D eigenvalue weighted by Crippen LogP contribution is -2.54. The number of fused-ring (bicyclic) bond motifs is 10.